The lowest BCUT2D eigenvalue weighted by atomic mass is 10.1. The van der Waals surface area contributed by atoms with Crippen LogP contribution < -0.4 is 15.8 Å². The van der Waals surface area contributed by atoms with Gasteiger partial charge in [-0.15, -0.1) is 0 Å². The number of nitrogens with one attached hydrogen (secondary N) is 1. The average Bonchev–Trinajstić information content (AvgIpc) is 2.68. The number of anilines is 1. The van der Waals surface area contributed by atoms with E-state index < -0.39 is 0 Å². The molecule has 0 aliphatic rings. The molecule has 0 saturated carbocycles. The molecule has 1 atom stereocenters. The topological polar surface area (TPSA) is 73.1 Å². The smallest absolute Gasteiger partial charge is 0.130 e. The van der Waals surface area contributed by atoms with Crippen LogP contribution >= 0.6 is 11.6 Å². The molecule has 0 radical (unpaired) electrons. The van der Waals surface area contributed by atoms with Gasteiger partial charge in [0.15, 0.2) is 0 Å². The van der Waals surface area contributed by atoms with Gasteiger partial charge in [0, 0.05) is 28.8 Å². The highest BCUT2D eigenvalue weighted by Crippen LogP contribution is 2.26. The van der Waals surface area contributed by atoms with Gasteiger partial charge in [0.05, 0.1) is 18.8 Å². The third-order valence-electron chi connectivity index (χ3n) is 4.18. The lowest BCUT2D eigenvalue weighted by Gasteiger charge is -2.16. The molecule has 5 nitrogen and oxygen atoms in total. The first-order valence-electron chi connectivity index (χ1n) is 8.29. The molecule has 0 saturated heterocycles. The molecule has 3 N–H and O–H groups in total. The number of halogens is 1. The molecule has 0 amide bonds. The molecule has 3 aromatic rings. The number of hydrogen-bond acceptors (Lipinski definition) is 5. The molecule has 0 unspecified atom stereocenters. The zero-order valence-electron chi connectivity index (χ0n) is 14.7. The molecular weight excluding hydrogens is 348 g/mol. The van der Waals surface area contributed by atoms with Crippen molar-refractivity contribution in [3.8, 4) is 17.0 Å². The Morgan fingerprint density at radius 1 is 1.15 bits per heavy atom. The fraction of sp³-hybridized carbons (Fsp3) is 0.200. The van der Waals surface area contributed by atoms with Crippen molar-refractivity contribution in [1.29, 1.82) is 0 Å². The van der Waals surface area contributed by atoms with Crippen molar-refractivity contribution < 1.29 is 4.74 Å². The summed E-state index contributed by atoms with van der Waals surface area (Å²) in [5.74, 6) is 1.48. The second kappa shape index (κ2) is 8.17. The summed E-state index contributed by atoms with van der Waals surface area (Å²) in [5, 5.41) is 3.98. The second-order valence-corrected chi connectivity index (χ2v) is 6.39. The fourth-order valence-electron chi connectivity index (χ4n) is 2.66. The van der Waals surface area contributed by atoms with E-state index in [1.807, 2.05) is 55.5 Å². The molecule has 3 rings (SSSR count). The van der Waals surface area contributed by atoms with Gasteiger partial charge in [-0.05, 0) is 24.6 Å². The number of nitrogens with zero attached hydrogens (tertiary/aromatic N) is 2. The van der Waals surface area contributed by atoms with E-state index in [2.05, 4.69) is 15.3 Å². The van der Waals surface area contributed by atoms with Crippen LogP contribution in [0.25, 0.3) is 11.3 Å². The SMILES string of the molecule is COc1ccccc1[C@@H](N)CNc1cc(-c2ccc(C)c(Cl)c2)ncn1. The second-order valence-electron chi connectivity index (χ2n) is 5.98. The van der Waals surface area contributed by atoms with E-state index in [0.29, 0.717) is 17.4 Å². The monoisotopic (exact) mass is 368 g/mol. The predicted molar refractivity (Wildman–Crippen MR) is 106 cm³/mol. The number of methoxy groups -OCH3 is 1. The molecule has 26 heavy (non-hydrogen) atoms. The van der Waals surface area contributed by atoms with Crippen molar-refractivity contribution in [3.05, 3.63) is 71.0 Å². The Morgan fingerprint density at radius 2 is 1.96 bits per heavy atom. The molecule has 134 valence electrons. The molecular formula is C20H21ClN4O. The largest absolute Gasteiger partial charge is 0.496 e. The number of rotatable bonds is 6. The Kier molecular flexibility index (Phi) is 5.71. The number of aromatic nitrogens is 2. The zero-order chi connectivity index (χ0) is 18.5. The molecule has 0 bridgehead atoms. The standard InChI is InChI=1S/C20H21ClN4O/c1-13-7-8-14(9-16(13)21)18-10-20(25-12-24-18)23-11-17(22)15-5-3-4-6-19(15)26-2/h3-10,12,17H,11,22H2,1-2H3,(H,23,24,25)/t17-/m0/s1. The van der Waals surface area contributed by atoms with Crippen LogP contribution in [0.5, 0.6) is 5.75 Å². The maximum absolute atomic E-state index is 6.30. The van der Waals surface area contributed by atoms with Gasteiger partial charge in [0.25, 0.3) is 0 Å². The van der Waals surface area contributed by atoms with Crippen LogP contribution in [0.3, 0.4) is 0 Å². The molecule has 1 heterocycles. The number of aryl methyl sites for hydroxylation is 1. The van der Waals surface area contributed by atoms with Crippen molar-refractivity contribution in [3.63, 3.8) is 0 Å². The molecule has 1 aromatic heterocycles. The van der Waals surface area contributed by atoms with Gasteiger partial charge in [0.1, 0.15) is 17.9 Å². The number of ether oxygens (including phenoxy) is 1. The summed E-state index contributed by atoms with van der Waals surface area (Å²) in [6, 6.07) is 15.3. The Morgan fingerprint density at radius 3 is 2.73 bits per heavy atom. The van der Waals surface area contributed by atoms with E-state index >= 15 is 0 Å². The first-order valence-corrected chi connectivity index (χ1v) is 8.67. The third-order valence-corrected chi connectivity index (χ3v) is 4.58. The van der Waals surface area contributed by atoms with Gasteiger partial charge in [-0.25, -0.2) is 9.97 Å². The van der Waals surface area contributed by atoms with Crippen LogP contribution in [0.1, 0.15) is 17.2 Å². The Hall–Kier alpha value is -2.63. The minimum Gasteiger partial charge on any atom is -0.496 e. The molecule has 6 heteroatoms. The first kappa shape index (κ1) is 18.2. The summed E-state index contributed by atoms with van der Waals surface area (Å²) in [6.07, 6.45) is 1.53. The van der Waals surface area contributed by atoms with E-state index in [-0.39, 0.29) is 6.04 Å². The van der Waals surface area contributed by atoms with Crippen molar-refractivity contribution in [2.45, 2.75) is 13.0 Å². The molecule has 2 aromatic carbocycles. The van der Waals surface area contributed by atoms with E-state index in [1.54, 1.807) is 7.11 Å². The quantitative estimate of drug-likeness (QED) is 0.681. The third kappa shape index (κ3) is 4.12. The van der Waals surface area contributed by atoms with Crippen molar-refractivity contribution in [1.82, 2.24) is 9.97 Å². The van der Waals surface area contributed by atoms with E-state index in [9.17, 15) is 0 Å². The summed E-state index contributed by atoms with van der Waals surface area (Å²) in [7, 11) is 1.64. The minimum absolute atomic E-state index is 0.224. The minimum atomic E-state index is -0.224. The van der Waals surface area contributed by atoms with Gasteiger partial charge in [-0.1, -0.05) is 41.9 Å². The maximum atomic E-state index is 6.30. The van der Waals surface area contributed by atoms with Gasteiger partial charge in [-0.2, -0.15) is 0 Å². The summed E-state index contributed by atoms with van der Waals surface area (Å²) in [4.78, 5) is 8.60. The highest BCUT2D eigenvalue weighted by molar-refractivity contribution is 6.31. The summed E-state index contributed by atoms with van der Waals surface area (Å²) < 4.78 is 5.37. The summed E-state index contributed by atoms with van der Waals surface area (Å²) in [6.45, 7) is 2.49. The Labute approximate surface area is 158 Å². The van der Waals surface area contributed by atoms with Crippen LogP contribution in [-0.2, 0) is 0 Å². The van der Waals surface area contributed by atoms with Crippen molar-refractivity contribution in [2.24, 2.45) is 5.73 Å². The number of hydrogen-bond donors (Lipinski definition) is 2. The van der Waals surface area contributed by atoms with Crippen LogP contribution in [0.4, 0.5) is 5.82 Å². The predicted octanol–water partition coefficient (Wildman–Crippen LogP) is 4.23. The molecule has 0 spiro atoms. The van der Waals surface area contributed by atoms with Crippen LogP contribution in [0, 0.1) is 6.92 Å². The zero-order valence-corrected chi connectivity index (χ0v) is 15.5. The normalized spacial score (nSPS) is 11.8. The lowest BCUT2D eigenvalue weighted by Crippen LogP contribution is -2.21. The van der Waals surface area contributed by atoms with E-state index in [1.165, 1.54) is 6.33 Å². The van der Waals surface area contributed by atoms with Gasteiger partial charge in [-0.3, -0.25) is 0 Å². The highest BCUT2D eigenvalue weighted by Gasteiger charge is 2.12. The average molecular weight is 369 g/mol. The Bertz CT molecular complexity index is 900. The first-order chi connectivity index (χ1) is 12.6. The number of nitrogens with two attached hydrogens (primary N) is 1. The Balaban J connectivity index is 1.73. The molecule has 0 aliphatic carbocycles. The maximum Gasteiger partial charge on any atom is 0.130 e. The van der Waals surface area contributed by atoms with Gasteiger partial charge >= 0.3 is 0 Å². The van der Waals surface area contributed by atoms with Gasteiger partial charge < -0.3 is 15.8 Å². The molecule has 0 fully saturated rings. The van der Waals surface area contributed by atoms with E-state index in [4.69, 9.17) is 22.1 Å². The van der Waals surface area contributed by atoms with E-state index in [0.717, 1.165) is 28.1 Å². The summed E-state index contributed by atoms with van der Waals surface area (Å²) in [5.41, 5.74) is 10.0. The fourth-order valence-corrected chi connectivity index (χ4v) is 2.84. The molecule has 0 aliphatic heterocycles. The van der Waals surface area contributed by atoms with Crippen molar-refractivity contribution >= 4 is 17.4 Å². The van der Waals surface area contributed by atoms with Crippen LogP contribution in [0.2, 0.25) is 5.02 Å². The number of benzene rings is 2. The van der Waals surface area contributed by atoms with Crippen LogP contribution in [-0.4, -0.2) is 23.6 Å². The highest BCUT2D eigenvalue weighted by atomic mass is 35.5. The summed E-state index contributed by atoms with van der Waals surface area (Å²) >= 11 is 6.22. The van der Waals surface area contributed by atoms with Crippen LogP contribution in [0.15, 0.2) is 54.9 Å². The lowest BCUT2D eigenvalue weighted by molar-refractivity contribution is 0.406. The van der Waals surface area contributed by atoms with Gasteiger partial charge in [0.2, 0.25) is 0 Å². The van der Waals surface area contributed by atoms with Crippen molar-refractivity contribution in [2.75, 3.05) is 19.0 Å². The number of para-hydroxylation sites is 1.